The molecule has 1 aliphatic carbocycles. The summed E-state index contributed by atoms with van der Waals surface area (Å²) in [5.74, 6) is 0.906. The average Bonchev–Trinajstić information content (AvgIpc) is 2.81. The van der Waals surface area contributed by atoms with Crippen molar-refractivity contribution in [1.29, 1.82) is 0 Å². The van der Waals surface area contributed by atoms with E-state index in [1.54, 1.807) is 0 Å². The van der Waals surface area contributed by atoms with Crippen LogP contribution in [0.5, 0.6) is 0 Å². The molecule has 1 saturated carbocycles. The maximum absolute atomic E-state index is 3.66. The van der Waals surface area contributed by atoms with Gasteiger partial charge in [0.05, 0.1) is 0 Å². The van der Waals surface area contributed by atoms with Crippen LogP contribution in [-0.4, -0.2) is 6.04 Å². The van der Waals surface area contributed by atoms with Gasteiger partial charge in [0.25, 0.3) is 0 Å². The van der Waals surface area contributed by atoms with Crippen molar-refractivity contribution < 1.29 is 0 Å². The van der Waals surface area contributed by atoms with Gasteiger partial charge in [0.1, 0.15) is 0 Å². The summed E-state index contributed by atoms with van der Waals surface area (Å²) < 4.78 is 1.31. The lowest BCUT2D eigenvalue weighted by Crippen LogP contribution is -2.31. The molecule has 2 rings (SSSR count). The molecule has 0 aliphatic heterocycles. The van der Waals surface area contributed by atoms with Crippen LogP contribution in [0.1, 0.15) is 38.2 Å². The third kappa shape index (κ3) is 3.45. The molecule has 1 N–H and O–H groups in total. The highest BCUT2D eigenvalue weighted by Gasteiger charge is 2.20. The van der Waals surface area contributed by atoms with Gasteiger partial charge in [-0.2, -0.15) is 0 Å². The van der Waals surface area contributed by atoms with Crippen molar-refractivity contribution in [3.63, 3.8) is 0 Å². The fraction of sp³-hybridized carbons (Fsp3) is 0.571. The standard InChI is InChI=1S/C14H20IN/c1-11(13-4-2-3-5-13)16-10-12-6-8-14(15)9-7-12/h6-9,11,13,16H,2-5,10H2,1H3/t11-/m0/s1. The fourth-order valence-electron chi connectivity index (χ4n) is 2.51. The Morgan fingerprint density at radius 3 is 2.50 bits per heavy atom. The first-order valence-electron chi connectivity index (χ1n) is 6.23. The summed E-state index contributed by atoms with van der Waals surface area (Å²) >= 11 is 2.35. The predicted octanol–water partition coefficient (Wildman–Crippen LogP) is 3.96. The van der Waals surface area contributed by atoms with Gasteiger partial charge in [0, 0.05) is 16.2 Å². The van der Waals surface area contributed by atoms with Crippen LogP contribution in [-0.2, 0) is 6.54 Å². The zero-order chi connectivity index (χ0) is 11.4. The van der Waals surface area contributed by atoms with Gasteiger partial charge in [-0.25, -0.2) is 0 Å². The molecule has 0 aromatic heterocycles. The molecule has 1 atom stereocenters. The van der Waals surface area contributed by atoms with Gasteiger partial charge in [-0.15, -0.1) is 0 Å². The second-order valence-electron chi connectivity index (χ2n) is 4.84. The minimum Gasteiger partial charge on any atom is -0.310 e. The first-order chi connectivity index (χ1) is 7.75. The quantitative estimate of drug-likeness (QED) is 0.825. The number of rotatable bonds is 4. The average molecular weight is 329 g/mol. The lowest BCUT2D eigenvalue weighted by atomic mass is 9.99. The molecule has 16 heavy (non-hydrogen) atoms. The monoisotopic (exact) mass is 329 g/mol. The molecule has 1 aromatic rings. The Labute approximate surface area is 112 Å². The number of halogens is 1. The Bertz CT molecular complexity index is 314. The summed E-state index contributed by atoms with van der Waals surface area (Å²) in [6.45, 7) is 3.34. The van der Waals surface area contributed by atoms with E-state index in [1.807, 2.05) is 0 Å². The molecule has 1 aromatic carbocycles. The van der Waals surface area contributed by atoms with Crippen molar-refractivity contribution in [1.82, 2.24) is 5.32 Å². The summed E-state index contributed by atoms with van der Waals surface area (Å²) in [6.07, 6.45) is 5.70. The molecule has 0 spiro atoms. The minimum absolute atomic E-state index is 0.668. The van der Waals surface area contributed by atoms with E-state index in [-0.39, 0.29) is 0 Å². The van der Waals surface area contributed by atoms with Crippen molar-refractivity contribution in [2.75, 3.05) is 0 Å². The largest absolute Gasteiger partial charge is 0.310 e. The van der Waals surface area contributed by atoms with Crippen LogP contribution in [0.15, 0.2) is 24.3 Å². The van der Waals surface area contributed by atoms with E-state index < -0.39 is 0 Å². The molecule has 1 aliphatic rings. The molecule has 1 fully saturated rings. The normalized spacial score (nSPS) is 18.9. The molecule has 0 bridgehead atoms. The van der Waals surface area contributed by atoms with E-state index in [0.29, 0.717) is 6.04 Å². The predicted molar refractivity (Wildman–Crippen MR) is 77.4 cm³/mol. The van der Waals surface area contributed by atoms with Gasteiger partial charge < -0.3 is 5.32 Å². The lowest BCUT2D eigenvalue weighted by molar-refractivity contribution is 0.380. The summed E-state index contributed by atoms with van der Waals surface area (Å²) in [5.41, 5.74) is 1.39. The summed E-state index contributed by atoms with van der Waals surface area (Å²) in [7, 11) is 0. The maximum Gasteiger partial charge on any atom is 0.0208 e. The summed E-state index contributed by atoms with van der Waals surface area (Å²) in [5, 5.41) is 3.66. The van der Waals surface area contributed by atoms with Gasteiger partial charge in [-0.05, 0) is 66.0 Å². The molecule has 0 heterocycles. The van der Waals surface area contributed by atoms with Gasteiger partial charge >= 0.3 is 0 Å². The molecule has 0 radical (unpaired) electrons. The Morgan fingerprint density at radius 2 is 1.88 bits per heavy atom. The molecule has 88 valence electrons. The number of benzene rings is 1. The maximum atomic E-state index is 3.66. The molecule has 1 nitrogen and oxygen atoms in total. The first kappa shape index (κ1) is 12.4. The molecule has 2 heteroatoms. The minimum atomic E-state index is 0.668. The highest BCUT2D eigenvalue weighted by Crippen LogP contribution is 2.27. The van der Waals surface area contributed by atoms with E-state index in [9.17, 15) is 0 Å². The number of hydrogen-bond donors (Lipinski definition) is 1. The van der Waals surface area contributed by atoms with Gasteiger partial charge in [-0.1, -0.05) is 25.0 Å². The third-order valence-electron chi connectivity index (χ3n) is 3.65. The Hall–Kier alpha value is -0.0900. The van der Waals surface area contributed by atoms with E-state index in [4.69, 9.17) is 0 Å². The second kappa shape index (κ2) is 6.01. The zero-order valence-corrected chi connectivity index (χ0v) is 12.0. The van der Waals surface area contributed by atoms with Crippen LogP contribution < -0.4 is 5.32 Å². The van der Waals surface area contributed by atoms with Crippen LogP contribution in [0.3, 0.4) is 0 Å². The van der Waals surface area contributed by atoms with Crippen LogP contribution >= 0.6 is 22.6 Å². The fourth-order valence-corrected chi connectivity index (χ4v) is 2.86. The molecular weight excluding hydrogens is 309 g/mol. The molecule has 0 saturated heterocycles. The smallest absolute Gasteiger partial charge is 0.0208 e. The zero-order valence-electron chi connectivity index (χ0n) is 9.88. The Morgan fingerprint density at radius 1 is 1.25 bits per heavy atom. The second-order valence-corrected chi connectivity index (χ2v) is 6.09. The van der Waals surface area contributed by atoms with Crippen LogP contribution in [0.25, 0.3) is 0 Å². The van der Waals surface area contributed by atoms with Gasteiger partial charge in [-0.3, -0.25) is 0 Å². The SMILES string of the molecule is C[C@H](NCc1ccc(I)cc1)C1CCCC1. The summed E-state index contributed by atoms with van der Waals surface area (Å²) in [6, 6.07) is 9.46. The molecule has 0 amide bonds. The third-order valence-corrected chi connectivity index (χ3v) is 4.37. The Kier molecular flexibility index (Phi) is 4.65. The van der Waals surface area contributed by atoms with Gasteiger partial charge in [0.2, 0.25) is 0 Å². The van der Waals surface area contributed by atoms with Crippen molar-refractivity contribution in [3.8, 4) is 0 Å². The van der Waals surface area contributed by atoms with Crippen molar-refractivity contribution in [2.45, 2.75) is 45.2 Å². The van der Waals surface area contributed by atoms with Crippen molar-refractivity contribution in [2.24, 2.45) is 5.92 Å². The first-order valence-corrected chi connectivity index (χ1v) is 7.31. The van der Waals surface area contributed by atoms with Crippen molar-refractivity contribution in [3.05, 3.63) is 33.4 Å². The van der Waals surface area contributed by atoms with E-state index in [2.05, 4.69) is 59.1 Å². The van der Waals surface area contributed by atoms with Crippen molar-refractivity contribution >= 4 is 22.6 Å². The van der Waals surface area contributed by atoms with E-state index in [1.165, 1.54) is 34.8 Å². The van der Waals surface area contributed by atoms with E-state index >= 15 is 0 Å². The highest BCUT2D eigenvalue weighted by atomic mass is 127. The topological polar surface area (TPSA) is 12.0 Å². The van der Waals surface area contributed by atoms with E-state index in [0.717, 1.165) is 12.5 Å². The lowest BCUT2D eigenvalue weighted by Gasteiger charge is -2.20. The van der Waals surface area contributed by atoms with Gasteiger partial charge in [0.15, 0.2) is 0 Å². The number of nitrogens with one attached hydrogen (secondary N) is 1. The van der Waals surface area contributed by atoms with Crippen LogP contribution in [0.2, 0.25) is 0 Å². The summed E-state index contributed by atoms with van der Waals surface area (Å²) in [4.78, 5) is 0. The molecule has 0 unspecified atom stereocenters. The molecular formula is C14H20IN. The number of hydrogen-bond acceptors (Lipinski definition) is 1. The Balaban J connectivity index is 1.80. The highest BCUT2D eigenvalue weighted by molar-refractivity contribution is 14.1. The van der Waals surface area contributed by atoms with Crippen LogP contribution in [0, 0.1) is 9.49 Å². The van der Waals surface area contributed by atoms with Crippen LogP contribution in [0.4, 0.5) is 0 Å².